The number of nitrogens with one attached hydrogen (secondary N) is 1. The fraction of sp³-hybridized carbons (Fsp3) is 0.111. The summed E-state index contributed by atoms with van der Waals surface area (Å²) in [5, 5.41) is 2.53. The number of carbonyl (C=O) groups excluding carboxylic acids is 1. The van der Waals surface area contributed by atoms with Gasteiger partial charge in [-0.05, 0) is 48.9 Å². The highest BCUT2D eigenvalue weighted by Gasteiger charge is 2.29. The molecule has 1 aliphatic heterocycles. The number of aliphatic imine (C=N–C) groups is 1. The Morgan fingerprint density at radius 3 is 2.19 bits per heavy atom. The highest BCUT2D eigenvalue weighted by atomic mass is 32.2. The molecule has 9 heteroatoms. The van der Waals surface area contributed by atoms with Crippen molar-refractivity contribution < 1.29 is 26.7 Å². The molecule has 1 fully saturated rings. The monoisotopic (exact) mass is 398 g/mol. The molecule has 2 aromatic carbocycles. The number of aryl methyl sites for hydroxylation is 2. The van der Waals surface area contributed by atoms with Gasteiger partial charge in [0.15, 0.2) is 28.4 Å². The van der Waals surface area contributed by atoms with E-state index in [9.17, 15) is 26.7 Å². The zero-order chi connectivity index (χ0) is 19.9. The van der Waals surface area contributed by atoms with Crippen molar-refractivity contribution in [2.24, 2.45) is 4.99 Å². The summed E-state index contributed by atoms with van der Waals surface area (Å²) in [5.74, 6) is -11.2. The maximum Gasteiger partial charge on any atom is 0.264 e. The third-order valence-electron chi connectivity index (χ3n) is 3.76. The Labute approximate surface area is 155 Å². The molecule has 3 rings (SSSR count). The Morgan fingerprint density at radius 2 is 1.56 bits per heavy atom. The maximum absolute atomic E-state index is 13.8. The normalized spacial score (nSPS) is 17.1. The van der Waals surface area contributed by atoms with Crippen molar-refractivity contribution in [1.82, 2.24) is 5.32 Å². The highest BCUT2D eigenvalue weighted by molar-refractivity contribution is 8.18. The van der Waals surface area contributed by atoms with Crippen molar-refractivity contribution in [2.45, 2.75) is 13.8 Å². The second-order valence-corrected chi connectivity index (χ2v) is 6.79. The van der Waals surface area contributed by atoms with Gasteiger partial charge in [0.2, 0.25) is 5.82 Å². The van der Waals surface area contributed by atoms with E-state index in [1.54, 1.807) is 6.07 Å². The van der Waals surface area contributed by atoms with Crippen molar-refractivity contribution in [2.75, 3.05) is 0 Å². The van der Waals surface area contributed by atoms with E-state index < -0.39 is 40.6 Å². The van der Waals surface area contributed by atoms with Gasteiger partial charge in [0, 0.05) is 0 Å². The standard InChI is InChI=1S/C18H11F5N2OS/c1-7-3-4-8(2)10(5-7)24-18-25-17(26)11(27-18)6-9-12(19)14(21)16(23)15(22)13(9)20/h3-6H,1-2H3,(H,24,25,26)/b11-6+. The highest BCUT2D eigenvalue weighted by Crippen LogP contribution is 2.32. The minimum absolute atomic E-state index is 0.129. The summed E-state index contributed by atoms with van der Waals surface area (Å²) >= 11 is 0.735. The molecule has 0 spiro atoms. The summed E-state index contributed by atoms with van der Waals surface area (Å²) in [7, 11) is 0. The van der Waals surface area contributed by atoms with Crippen LogP contribution >= 0.6 is 11.8 Å². The van der Waals surface area contributed by atoms with Gasteiger partial charge in [-0.1, -0.05) is 12.1 Å². The van der Waals surface area contributed by atoms with Crippen molar-refractivity contribution in [3.8, 4) is 0 Å². The topological polar surface area (TPSA) is 41.5 Å². The molecule has 0 unspecified atom stereocenters. The SMILES string of the molecule is Cc1ccc(C)c(N=C2NC(=O)/C(=C\c3c(F)c(F)c(F)c(F)c3F)S2)c1. The number of thioether (sulfide) groups is 1. The maximum atomic E-state index is 13.8. The molecule has 0 radical (unpaired) electrons. The molecule has 2 aromatic rings. The minimum Gasteiger partial charge on any atom is -0.300 e. The second-order valence-electron chi connectivity index (χ2n) is 5.76. The molecule has 27 heavy (non-hydrogen) atoms. The molecule has 0 aliphatic carbocycles. The lowest BCUT2D eigenvalue weighted by Crippen LogP contribution is -2.19. The van der Waals surface area contributed by atoms with E-state index in [1.165, 1.54) is 0 Å². The molecule has 0 saturated carbocycles. The number of rotatable bonds is 2. The first kappa shape index (κ1) is 19.1. The Hall–Kier alpha value is -2.68. The number of halogens is 5. The Morgan fingerprint density at radius 1 is 0.963 bits per heavy atom. The van der Waals surface area contributed by atoms with E-state index in [4.69, 9.17) is 0 Å². The van der Waals surface area contributed by atoms with Gasteiger partial charge in [-0.25, -0.2) is 26.9 Å². The van der Waals surface area contributed by atoms with Crippen LogP contribution in [0.3, 0.4) is 0 Å². The first-order valence-electron chi connectivity index (χ1n) is 7.57. The fourth-order valence-corrected chi connectivity index (χ4v) is 3.13. The van der Waals surface area contributed by atoms with E-state index in [2.05, 4.69) is 10.3 Å². The third kappa shape index (κ3) is 3.59. The molecule has 1 saturated heterocycles. The predicted molar refractivity (Wildman–Crippen MR) is 93.0 cm³/mol. The number of nitrogens with zero attached hydrogens (tertiary/aromatic N) is 1. The van der Waals surface area contributed by atoms with Gasteiger partial charge in [-0.15, -0.1) is 0 Å². The van der Waals surface area contributed by atoms with Crippen LogP contribution in [0.4, 0.5) is 27.6 Å². The molecule has 1 aliphatic rings. The van der Waals surface area contributed by atoms with Gasteiger partial charge in [0.1, 0.15) is 0 Å². The Bertz CT molecular complexity index is 1000. The first-order chi connectivity index (χ1) is 12.7. The average molecular weight is 398 g/mol. The molecule has 0 atom stereocenters. The zero-order valence-electron chi connectivity index (χ0n) is 14.0. The summed E-state index contributed by atoms with van der Waals surface area (Å²) in [4.78, 5) is 16.0. The lowest BCUT2D eigenvalue weighted by atomic mass is 10.1. The van der Waals surface area contributed by atoms with Gasteiger partial charge in [-0.3, -0.25) is 4.79 Å². The van der Waals surface area contributed by atoms with E-state index in [1.807, 2.05) is 26.0 Å². The number of hydrogen-bond acceptors (Lipinski definition) is 3. The zero-order valence-corrected chi connectivity index (χ0v) is 14.8. The molecule has 1 heterocycles. The molecule has 1 amide bonds. The molecule has 140 valence electrons. The van der Waals surface area contributed by atoms with Crippen LogP contribution < -0.4 is 5.32 Å². The van der Waals surface area contributed by atoms with Crippen molar-refractivity contribution in [3.05, 3.63) is 68.9 Å². The third-order valence-corrected chi connectivity index (χ3v) is 4.67. The van der Waals surface area contributed by atoms with Gasteiger partial charge in [-0.2, -0.15) is 0 Å². The number of hydrogen-bond donors (Lipinski definition) is 1. The largest absolute Gasteiger partial charge is 0.300 e. The molecule has 0 bridgehead atoms. The smallest absolute Gasteiger partial charge is 0.264 e. The van der Waals surface area contributed by atoms with E-state index in [-0.39, 0.29) is 10.1 Å². The number of benzene rings is 2. The van der Waals surface area contributed by atoms with E-state index in [0.717, 1.165) is 22.9 Å². The summed E-state index contributed by atoms with van der Waals surface area (Å²) in [6.07, 6.45) is 0.613. The van der Waals surface area contributed by atoms with Gasteiger partial charge in [0.05, 0.1) is 16.2 Å². The van der Waals surface area contributed by atoms with Crippen LogP contribution in [0.15, 0.2) is 28.1 Å². The predicted octanol–water partition coefficient (Wildman–Crippen LogP) is 4.89. The Balaban J connectivity index is 2.00. The molecular weight excluding hydrogens is 387 g/mol. The van der Waals surface area contributed by atoms with Crippen molar-refractivity contribution in [1.29, 1.82) is 0 Å². The minimum atomic E-state index is -2.26. The summed E-state index contributed by atoms with van der Waals surface area (Å²) in [6, 6.07) is 5.50. The van der Waals surface area contributed by atoms with E-state index in [0.29, 0.717) is 11.8 Å². The van der Waals surface area contributed by atoms with Crippen LogP contribution in [-0.2, 0) is 4.79 Å². The number of amides is 1. The van der Waals surface area contributed by atoms with Crippen LogP contribution in [0.1, 0.15) is 16.7 Å². The molecule has 3 nitrogen and oxygen atoms in total. The first-order valence-corrected chi connectivity index (χ1v) is 8.39. The van der Waals surface area contributed by atoms with Crippen LogP contribution in [-0.4, -0.2) is 11.1 Å². The lowest BCUT2D eigenvalue weighted by molar-refractivity contribution is -0.115. The van der Waals surface area contributed by atoms with Crippen LogP contribution in [0.5, 0.6) is 0 Å². The van der Waals surface area contributed by atoms with Gasteiger partial charge >= 0.3 is 0 Å². The van der Waals surface area contributed by atoms with Gasteiger partial charge in [0.25, 0.3) is 5.91 Å². The van der Waals surface area contributed by atoms with Crippen LogP contribution in [0, 0.1) is 42.9 Å². The van der Waals surface area contributed by atoms with E-state index >= 15 is 0 Å². The van der Waals surface area contributed by atoms with Crippen LogP contribution in [0.2, 0.25) is 0 Å². The van der Waals surface area contributed by atoms with Gasteiger partial charge < -0.3 is 5.32 Å². The van der Waals surface area contributed by atoms with Crippen molar-refractivity contribution in [3.63, 3.8) is 0 Å². The Kier molecular flexibility index (Phi) is 5.05. The summed E-state index contributed by atoms with van der Waals surface area (Å²) in [5.41, 5.74) is 1.17. The lowest BCUT2D eigenvalue weighted by Gasteiger charge is -2.04. The summed E-state index contributed by atoms with van der Waals surface area (Å²) < 4.78 is 67.3. The molecular formula is C18H11F5N2OS. The van der Waals surface area contributed by atoms with Crippen molar-refractivity contribution >= 4 is 34.6 Å². The number of amidine groups is 1. The van der Waals surface area contributed by atoms with Crippen LogP contribution in [0.25, 0.3) is 6.08 Å². The quantitative estimate of drug-likeness (QED) is 0.339. The molecule has 0 aromatic heterocycles. The average Bonchev–Trinajstić information content (AvgIpc) is 2.97. The summed E-state index contributed by atoms with van der Waals surface area (Å²) in [6.45, 7) is 3.67. The number of carbonyl (C=O) groups is 1. The fourth-order valence-electron chi connectivity index (χ4n) is 2.31. The second kappa shape index (κ2) is 7.15. The molecule has 1 N–H and O–H groups in total.